The number of hydrogen-bond donors (Lipinski definition) is 2. The fraction of sp³-hybridized carbons (Fsp3) is 0.550. The zero-order valence-electron chi connectivity index (χ0n) is 16.3. The molecule has 2 N–H and O–H groups in total. The van der Waals surface area contributed by atoms with Crippen LogP contribution in [0.15, 0.2) is 24.5 Å². The molecule has 2 aliphatic rings. The van der Waals surface area contributed by atoms with Gasteiger partial charge >= 0.3 is 6.03 Å². The molecule has 2 saturated heterocycles. The van der Waals surface area contributed by atoms with Crippen molar-refractivity contribution in [3.05, 3.63) is 47.5 Å². The SMILES string of the molecule is CCn1cnnc1CNC(=O)N1C2CCC1CC(O)(Cc1ccc(F)cc1F)C2. The minimum atomic E-state index is -1.11. The van der Waals surface area contributed by atoms with Crippen molar-refractivity contribution in [2.24, 2.45) is 0 Å². The molecule has 2 unspecified atom stereocenters. The molecule has 2 atom stereocenters. The number of amides is 2. The lowest BCUT2D eigenvalue weighted by molar-refractivity contribution is -0.0387. The third-order valence-corrected chi connectivity index (χ3v) is 6.05. The minimum absolute atomic E-state index is 0.105. The lowest BCUT2D eigenvalue weighted by Crippen LogP contribution is -2.56. The normalized spacial score (nSPS) is 26.0. The summed E-state index contributed by atoms with van der Waals surface area (Å²) in [6.45, 7) is 2.98. The number of nitrogens with zero attached hydrogens (tertiary/aromatic N) is 4. The molecule has 3 heterocycles. The van der Waals surface area contributed by atoms with Crippen molar-refractivity contribution in [3.63, 3.8) is 0 Å². The summed E-state index contributed by atoms with van der Waals surface area (Å²) in [5, 5.41) is 21.9. The van der Waals surface area contributed by atoms with Crippen LogP contribution in [0.25, 0.3) is 0 Å². The smallest absolute Gasteiger partial charge is 0.318 e. The predicted molar refractivity (Wildman–Crippen MR) is 101 cm³/mol. The summed E-state index contributed by atoms with van der Waals surface area (Å²) in [5.41, 5.74) is -0.811. The standard InChI is InChI=1S/C20H25F2N5O2/c1-2-26-12-24-25-18(26)11-23-19(28)27-15-5-6-16(27)10-20(29,9-15)8-13-3-4-14(21)7-17(13)22/h3-4,7,12,15-16,29H,2,5-6,8-11H2,1H3,(H,23,28). The largest absolute Gasteiger partial charge is 0.389 e. The Morgan fingerprint density at radius 1 is 1.31 bits per heavy atom. The number of nitrogens with one attached hydrogen (secondary N) is 1. The first-order valence-corrected chi connectivity index (χ1v) is 9.97. The topological polar surface area (TPSA) is 83.3 Å². The van der Waals surface area contributed by atoms with Crippen molar-refractivity contribution in [2.75, 3.05) is 0 Å². The second kappa shape index (κ2) is 7.70. The molecule has 29 heavy (non-hydrogen) atoms. The van der Waals surface area contributed by atoms with Crippen molar-refractivity contribution >= 4 is 6.03 Å². The summed E-state index contributed by atoms with van der Waals surface area (Å²) in [6.07, 6.45) is 4.09. The lowest BCUT2D eigenvalue weighted by atomic mass is 9.81. The number of hydrogen-bond acceptors (Lipinski definition) is 4. The third kappa shape index (κ3) is 3.96. The molecule has 0 radical (unpaired) electrons. The number of fused-ring (bicyclic) bond motifs is 2. The molecule has 4 rings (SSSR count). The molecule has 9 heteroatoms. The summed E-state index contributed by atoms with van der Waals surface area (Å²) >= 11 is 0. The van der Waals surface area contributed by atoms with Crippen LogP contribution in [0.3, 0.4) is 0 Å². The summed E-state index contributed by atoms with van der Waals surface area (Å²) in [5.74, 6) is -0.594. The molecular weight excluding hydrogens is 380 g/mol. The van der Waals surface area contributed by atoms with Crippen molar-refractivity contribution in [1.82, 2.24) is 25.0 Å². The fourth-order valence-corrected chi connectivity index (χ4v) is 4.74. The highest BCUT2D eigenvalue weighted by molar-refractivity contribution is 5.75. The van der Waals surface area contributed by atoms with Crippen LogP contribution in [0, 0.1) is 11.6 Å². The number of carbonyl (C=O) groups is 1. The summed E-state index contributed by atoms with van der Waals surface area (Å²) in [6, 6.07) is 3.03. The Kier molecular flexibility index (Phi) is 5.24. The van der Waals surface area contributed by atoms with Gasteiger partial charge in [-0.15, -0.1) is 10.2 Å². The van der Waals surface area contributed by atoms with Gasteiger partial charge in [0.25, 0.3) is 0 Å². The molecule has 2 aliphatic heterocycles. The van der Waals surface area contributed by atoms with Crippen molar-refractivity contribution in [2.45, 2.75) is 69.8 Å². The van der Waals surface area contributed by atoms with E-state index in [4.69, 9.17) is 0 Å². The Bertz CT molecular complexity index is 889. The van der Waals surface area contributed by atoms with Gasteiger partial charge in [0.15, 0.2) is 5.82 Å². The van der Waals surface area contributed by atoms with Crippen molar-refractivity contribution in [3.8, 4) is 0 Å². The Labute approximate surface area is 167 Å². The molecule has 2 fully saturated rings. The maximum absolute atomic E-state index is 14.0. The zero-order chi connectivity index (χ0) is 20.6. The van der Waals surface area contributed by atoms with E-state index in [1.54, 1.807) is 6.33 Å². The van der Waals surface area contributed by atoms with E-state index in [1.807, 2.05) is 16.4 Å². The molecule has 1 aromatic heterocycles. The highest BCUT2D eigenvalue weighted by atomic mass is 19.1. The molecule has 7 nitrogen and oxygen atoms in total. The van der Waals surface area contributed by atoms with E-state index in [2.05, 4.69) is 15.5 Å². The summed E-state index contributed by atoms with van der Waals surface area (Å²) in [4.78, 5) is 14.6. The summed E-state index contributed by atoms with van der Waals surface area (Å²) < 4.78 is 29.1. The Morgan fingerprint density at radius 3 is 2.69 bits per heavy atom. The van der Waals surface area contributed by atoms with Gasteiger partial charge < -0.3 is 19.9 Å². The van der Waals surface area contributed by atoms with Crippen LogP contribution < -0.4 is 5.32 Å². The second-order valence-electron chi connectivity index (χ2n) is 8.03. The zero-order valence-corrected chi connectivity index (χ0v) is 16.3. The van der Waals surface area contributed by atoms with Crippen LogP contribution >= 0.6 is 0 Å². The first-order valence-electron chi connectivity index (χ1n) is 9.97. The molecular formula is C20H25F2N5O2. The Balaban J connectivity index is 1.41. The average molecular weight is 405 g/mol. The van der Waals surface area contributed by atoms with Gasteiger partial charge in [-0.25, -0.2) is 13.6 Å². The maximum Gasteiger partial charge on any atom is 0.318 e. The van der Waals surface area contributed by atoms with Gasteiger partial charge in [0, 0.05) is 31.1 Å². The first-order chi connectivity index (χ1) is 13.9. The highest BCUT2D eigenvalue weighted by Crippen LogP contribution is 2.42. The van der Waals surface area contributed by atoms with Crippen molar-refractivity contribution in [1.29, 1.82) is 0 Å². The Morgan fingerprint density at radius 2 is 2.03 bits per heavy atom. The van der Waals surface area contributed by atoms with Gasteiger partial charge in [-0.1, -0.05) is 6.07 Å². The monoisotopic (exact) mass is 405 g/mol. The maximum atomic E-state index is 14.0. The number of aryl methyl sites for hydroxylation is 1. The number of carbonyl (C=O) groups excluding carboxylic acids is 1. The van der Waals surface area contributed by atoms with Crippen LogP contribution in [0.2, 0.25) is 0 Å². The van der Waals surface area contributed by atoms with E-state index in [0.717, 1.165) is 25.5 Å². The molecule has 2 aromatic rings. The summed E-state index contributed by atoms with van der Waals surface area (Å²) in [7, 11) is 0. The predicted octanol–water partition coefficient (Wildman–Crippen LogP) is 2.39. The van der Waals surface area contributed by atoms with Gasteiger partial charge in [0.1, 0.15) is 18.0 Å². The van der Waals surface area contributed by atoms with Gasteiger partial charge in [0.05, 0.1) is 12.1 Å². The molecule has 156 valence electrons. The lowest BCUT2D eigenvalue weighted by Gasteiger charge is -2.43. The van der Waals surface area contributed by atoms with Gasteiger partial charge in [-0.3, -0.25) is 0 Å². The third-order valence-electron chi connectivity index (χ3n) is 6.05. The number of halogens is 2. The number of aromatic nitrogens is 3. The number of piperidine rings is 1. The minimum Gasteiger partial charge on any atom is -0.389 e. The first kappa shape index (κ1) is 19.8. The van der Waals surface area contributed by atoms with Gasteiger partial charge in [-0.05, 0) is 44.2 Å². The molecule has 0 aliphatic carbocycles. The second-order valence-corrected chi connectivity index (χ2v) is 8.03. The van der Waals surface area contributed by atoms with Gasteiger partial charge in [-0.2, -0.15) is 0 Å². The van der Waals surface area contributed by atoms with Crippen LogP contribution in [-0.4, -0.2) is 48.5 Å². The van der Waals surface area contributed by atoms with Crippen LogP contribution in [0.4, 0.5) is 13.6 Å². The molecule has 1 aromatic carbocycles. The van der Waals surface area contributed by atoms with E-state index in [1.165, 1.54) is 12.1 Å². The molecule has 0 saturated carbocycles. The molecule has 2 bridgehead atoms. The van der Waals surface area contributed by atoms with Crippen LogP contribution in [0.1, 0.15) is 44.0 Å². The number of rotatable bonds is 5. The molecule has 2 amide bonds. The van der Waals surface area contributed by atoms with Crippen LogP contribution in [0.5, 0.6) is 0 Å². The van der Waals surface area contributed by atoms with E-state index < -0.39 is 17.2 Å². The van der Waals surface area contributed by atoms with E-state index in [-0.39, 0.29) is 31.1 Å². The number of benzene rings is 1. The van der Waals surface area contributed by atoms with Gasteiger partial charge in [0.2, 0.25) is 0 Å². The van der Waals surface area contributed by atoms with Crippen LogP contribution in [-0.2, 0) is 19.5 Å². The molecule has 0 spiro atoms. The average Bonchev–Trinajstić information content (AvgIpc) is 3.24. The number of urea groups is 1. The van der Waals surface area contributed by atoms with E-state index in [9.17, 15) is 18.7 Å². The number of aliphatic hydroxyl groups is 1. The van der Waals surface area contributed by atoms with E-state index >= 15 is 0 Å². The Hall–Kier alpha value is -2.55. The fourth-order valence-electron chi connectivity index (χ4n) is 4.74. The van der Waals surface area contributed by atoms with E-state index in [0.29, 0.717) is 24.2 Å². The highest BCUT2D eigenvalue weighted by Gasteiger charge is 2.49. The quantitative estimate of drug-likeness (QED) is 0.800. The van der Waals surface area contributed by atoms with Crippen molar-refractivity contribution < 1.29 is 18.7 Å².